The molecule has 4 nitrogen and oxygen atoms in total. The number of alkyl halides is 3. The average molecular weight is 306 g/mol. The van der Waals surface area contributed by atoms with Crippen molar-refractivity contribution >= 4 is 0 Å². The minimum Gasteiger partial charge on any atom is -0.496 e. The molecule has 21 heavy (non-hydrogen) atoms. The van der Waals surface area contributed by atoms with E-state index in [-0.39, 0.29) is 12.6 Å². The van der Waals surface area contributed by atoms with Gasteiger partial charge in [-0.25, -0.2) is 0 Å². The summed E-state index contributed by atoms with van der Waals surface area (Å²) in [6.45, 7) is 2.54. The maximum absolute atomic E-state index is 12.0. The van der Waals surface area contributed by atoms with Crippen LogP contribution in [0, 0.1) is 13.8 Å². The highest BCUT2D eigenvalue weighted by Crippen LogP contribution is 2.31. The molecule has 0 spiro atoms. The van der Waals surface area contributed by atoms with Crippen LogP contribution in [0.3, 0.4) is 0 Å². The first-order valence-electron chi connectivity index (χ1n) is 6.54. The Morgan fingerprint density at radius 3 is 2.48 bits per heavy atom. The van der Waals surface area contributed by atoms with E-state index < -0.39 is 12.8 Å². The molecule has 1 aromatic rings. The first-order valence-corrected chi connectivity index (χ1v) is 6.54. The van der Waals surface area contributed by atoms with Crippen LogP contribution in [0.15, 0.2) is 12.1 Å². The summed E-state index contributed by atoms with van der Waals surface area (Å²) in [5.74, 6) is 6.18. The predicted molar refractivity (Wildman–Crippen MR) is 74.0 cm³/mol. The third-order valence-electron chi connectivity index (χ3n) is 3.08. The number of hydrazine groups is 1. The summed E-state index contributed by atoms with van der Waals surface area (Å²) in [6, 6.07) is 3.50. The second-order valence-corrected chi connectivity index (χ2v) is 4.87. The van der Waals surface area contributed by atoms with Gasteiger partial charge in [-0.05, 0) is 37.5 Å². The molecule has 0 aliphatic carbocycles. The Bertz CT molecular complexity index is 464. The smallest absolute Gasteiger partial charge is 0.411 e. The van der Waals surface area contributed by atoms with E-state index in [2.05, 4.69) is 10.2 Å². The fourth-order valence-corrected chi connectivity index (χ4v) is 2.26. The maximum atomic E-state index is 12.0. The highest BCUT2D eigenvalue weighted by Gasteiger charge is 2.27. The van der Waals surface area contributed by atoms with E-state index in [1.54, 1.807) is 7.11 Å². The van der Waals surface area contributed by atoms with Gasteiger partial charge in [0.15, 0.2) is 0 Å². The SMILES string of the molecule is COc1cc(C)cc(C)c1C(CCOCC(F)(F)F)NN. The quantitative estimate of drug-likeness (QED) is 0.462. The van der Waals surface area contributed by atoms with Crippen molar-refractivity contribution in [1.29, 1.82) is 0 Å². The topological polar surface area (TPSA) is 56.5 Å². The molecule has 0 saturated heterocycles. The van der Waals surface area contributed by atoms with Crippen molar-refractivity contribution in [2.75, 3.05) is 20.3 Å². The Morgan fingerprint density at radius 1 is 1.29 bits per heavy atom. The van der Waals surface area contributed by atoms with Crippen LogP contribution in [-0.2, 0) is 4.74 Å². The monoisotopic (exact) mass is 306 g/mol. The zero-order chi connectivity index (χ0) is 16.0. The summed E-state index contributed by atoms with van der Waals surface area (Å²) >= 11 is 0. The Kier molecular flexibility index (Phi) is 6.44. The predicted octanol–water partition coefficient (Wildman–Crippen LogP) is 2.79. The van der Waals surface area contributed by atoms with Gasteiger partial charge in [0, 0.05) is 12.2 Å². The molecule has 1 aromatic carbocycles. The van der Waals surface area contributed by atoms with Gasteiger partial charge in [-0.3, -0.25) is 11.3 Å². The second kappa shape index (κ2) is 7.63. The van der Waals surface area contributed by atoms with E-state index >= 15 is 0 Å². The molecule has 0 bridgehead atoms. The molecule has 0 aromatic heterocycles. The number of methoxy groups -OCH3 is 1. The van der Waals surface area contributed by atoms with Crippen molar-refractivity contribution in [3.05, 3.63) is 28.8 Å². The van der Waals surface area contributed by atoms with Gasteiger partial charge in [-0.15, -0.1) is 0 Å². The highest BCUT2D eigenvalue weighted by molar-refractivity contribution is 5.45. The van der Waals surface area contributed by atoms with Gasteiger partial charge in [0.25, 0.3) is 0 Å². The van der Waals surface area contributed by atoms with Crippen molar-refractivity contribution in [2.24, 2.45) is 5.84 Å². The summed E-state index contributed by atoms with van der Waals surface area (Å²) in [5, 5.41) is 0. The van der Waals surface area contributed by atoms with Crippen molar-refractivity contribution < 1.29 is 22.6 Å². The van der Waals surface area contributed by atoms with Crippen LogP contribution in [-0.4, -0.2) is 26.5 Å². The largest absolute Gasteiger partial charge is 0.496 e. The number of hydrogen-bond donors (Lipinski definition) is 2. The van der Waals surface area contributed by atoms with Gasteiger partial charge in [0.2, 0.25) is 0 Å². The van der Waals surface area contributed by atoms with Crippen LogP contribution in [0.5, 0.6) is 5.75 Å². The Morgan fingerprint density at radius 2 is 1.95 bits per heavy atom. The fourth-order valence-electron chi connectivity index (χ4n) is 2.26. The molecule has 0 heterocycles. The minimum absolute atomic E-state index is 0.0507. The Balaban J connectivity index is 2.76. The Hall–Kier alpha value is -1.31. The minimum atomic E-state index is -4.32. The van der Waals surface area contributed by atoms with Crippen molar-refractivity contribution in [3.8, 4) is 5.75 Å². The Labute approximate surface area is 122 Å². The average Bonchev–Trinajstić information content (AvgIpc) is 2.38. The molecule has 120 valence electrons. The molecule has 3 N–H and O–H groups in total. The van der Waals surface area contributed by atoms with Crippen LogP contribution in [0.1, 0.15) is 29.2 Å². The molecule has 0 amide bonds. The van der Waals surface area contributed by atoms with Crippen LogP contribution in [0.25, 0.3) is 0 Å². The molecule has 0 radical (unpaired) electrons. The normalized spacial score (nSPS) is 13.3. The first-order chi connectivity index (χ1) is 9.78. The zero-order valence-electron chi connectivity index (χ0n) is 12.4. The summed E-state index contributed by atoms with van der Waals surface area (Å²) < 4.78 is 46.0. The first kappa shape index (κ1) is 17.7. The van der Waals surface area contributed by atoms with Crippen molar-refractivity contribution in [3.63, 3.8) is 0 Å². The highest BCUT2D eigenvalue weighted by atomic mass is 19.4. The number of rotatable bonds is 7. The van der Waals surface area contributed by atoms with E-state index in [9.17, 15) is 13.2 Å². The molecule has 0 saturated carbocycles. The molecule has 1 atom stereocenters. The second-order valence-electron chi connectivity index (χ2n) is 4.87. The number of nitrogens with one attached hydrogen (secondary N) is 1. The molecule has 0 aliphatic heterocycles. The lowest BCUT2D eigenvalue weighted by Gasteiger charge is -2.22. The van der Waals surface area contributed by atoms with Crippen LogP contribution in [0.2, 0.25) is 0 Å². The summed E-state index contributed by atoms with van der Waals surface area (Å²) in [4.78, 5) is 0. The van der Waals surface area contributed by atoms with Gasteiger partial charge in [-0.1, -0.05) is 6.07 Å². The number of ether oxygens (including phenoxy) is 2. The van der Waals surface area contributed by atoms with E-state index in [0.717, 1.165) is 16.7 Å². The molecule has 0 aliphatic rings. The zero-order valence-corrected chi connectivity index (χ0v) is 12.4. The van der Waals surface area contributed by atoms with E-state index in [1.165, 1.54) is 0 Å². The van der Waals surface area contributed by atoms with Gasteiger partial charge >= 0.3 is 6.18 Å². The van der Waals surface area contributed by atoms with Gasteiger partial charge in [0.05, 0.1) is 13.2 Å². The van der Waals surface area contributed by atoms with Crippen LogP contribution in [0.4, 0.5) is 13.2 Å². The maximum Gasteiger partial charge on any atom is 0.411 e. The number of nitrogens with two attached hydrogens (primary N) is 1. The molecule has 1 unspecified atom stereocenters. The molecular weight excluding hydrogens is 285 g/mol. The standard InChI is InChI=1S/C14H21F3N2O2/c1-9-6-10(2)13(12(7-9)20-3)11(19-18)4-5-21-8-14(15,16)17/h6-7,11,19H,4-5,8,18H2,1-3H3. The third-order valence-corrected chi connectivity index (χ3v) is 3.08. The molecule has 7 heteroatoms. The van der Waals surface area contributed by atoms with Crippen LogP contribution >= 0.6 is 0 Å². The van der Waals surface area contributed by atoms with Crippen molar-refractivity contribution in [1.82, 2.24) is 5.43 Å². The lowest BCUT2D eigenvalue weighted by Crippen LogP contribution is -2.30. The van der Waals surface area contributed by atoms with E-state index in [0.29, 0.717) is 12.2 Å². The van der Waals surface area contributed by atoms with Gasteiger partial charge < -0.3 is 9.47 Å². The van der Waals surface area contributed by atoms with Gasteiger partial charge in [-0.2, -0.15) is 13.2 Å². The van der Waals surface area contributed by atoms with Crippen molar-refractivity contribution in [2.45, 2.75) is 32.5 Å². The van der Waals surface area contributed by atoms with Crippen LogP contribution < -0.4 is 16.0 Å². The third kappa shape index (κ3) is 5.53. The molecule has 1 rings (SSSR count). The number of hydrogen-bond acceptors (Lipinski definition) is 4. The van der Waals surface area contributed by atoms with E-state index in [1.807, 2.05) is 26.0 Å². The number of halogens is 3. The van der Waals surface area contributed by atoms with E-state index in [4.69, 9.17) is 10.6 Å². The fraction of sp³-hybridized carbons (Fsp3) is 0.571. The lowest BCUT2D eigenvalue weighted by molar-refractivity contribution is -0.174. The number of aryl methyl sites for hydroxylation is 2. The van der Waals surface area contributed by atoms with Gasteiger partial charge in [0.1, 0.15) is 12.4 Å². The summed E-state index contributed by atoms with van der Waals surface area (Å²) in [6.07, 6.45) is -4.00. The lowest BCUT2D eigenvalue weighted by atomic mass is 9.96. The summed E-state index contributed by atoms with van der Waals surface area (Å²) in [7, 11) is 1.55. The number of benzene rings is 1. The molecular formula is C14H21F3N2O2. The molecule has 0 fully saturated rings. The summed E-state index contributed by atoms with van der Waals surface area (Å²) in [5.41, 5.74) is 5.45.